The van der Waals surface area contributed by atoms with Crippen LogP contribution in [0, 0.1) is 0 Å². The van der Waals surface area contributed by atoms with Gasteiger partial charge in [0.05, 0.1) is 0 Å². The molecule has 0 radical (unpaired) electrons. The van der Waals surface area contributed by atoms with Gasteiger partial charge in [-0.1, -0.05) is 11.6 Å². The van der Waals surface area contributed by atoms with Crippen molar-refractivity contribution in [1.29, 1.82) is 0 Å². The number of hydrogen-bond donors (Lipinski definition) is 1. The molecule has 0 aliphatic heterocycles. The fourth-order valence-corrected chi connectivity index (χ4v) is 2.03. The zero-order valence-corrected chi connectivity index (χ0v) is 10.1. The Morgan fingerprint density at radius 1 is 1.17 bits per heavy atom. The monoisotopic (exact) mass is 256 g/mol. The number of carbonyl (C=O) groups is 1. The summed E-state index contributed by atoms with van der Waals surface area (Å²) in [7, 11) is 0. The summed E-state index contributed by atoms with van der Waals surface area (Å²) in [6.45, 7) is 0. The highest BCUT2D eigenvalue weighted by Gasteiger charge is 2.14. The number of pyridine rings is 1. The van der Waals surface area contributed by atoms with E-state index in [1.54, 1.807) is 36.7 Å². The number of aromatic nitrogens is 2. The number of carbonyl (C=O) groups excluding carboxylic acids is 1. The van der Waals surface area contributed by atoms with Crippen LogP contribution in [0.1, 0.15) is 15.9 Å². The van der Waals surface area contributed by atoms with Crippen LogP contribution >= 0.6 is 11.6 Å². The summed E-state index contributed by atoms with van der Waals surface area (Å²) in [5.41, 5.74) is 1.96. The van der Waals surface area contributed by atoms with Gasteiger partial charge in [-0.25, -0.2) is 4.98 Å². The lowest BCUT2D eigenvalue weighted by atomic mass is 10.0. The van der Waals surface area contributed by atoms with E-state index in [-0.39, 0.29) is 5.78 Å². The molecule has 0 unspecified atom stereocenters. The lowest BCUT2D eigenvalue weighted by Crippen LogP contribution is -1.99. The third-order valence-electron chi connectivity index (χ3n) is 2.80. The minimum atomic E-state index is -0.0362. The first kappa shape index (κ1) is 11.0. The standard InChI is InChI=1S/C14H9ClN2O/c15-10-5-3-9(4-6-10)13(18)12-8-17-14-11(12)2-1-7-16-14/h1-8H,(H,16,17). The highest BCUT2D eigenvalue weighted by Crippen LogP contribution is 2.20. The van der Waals surface area contributed by atoms with E-state index in [0.29, 0.717) is 16.1 Å². The van der Waals surface area contributed by atoms with Crippen molar-refractivity contribution in [1.82, 2.24) is 9.97 Å². The van der Waals surface area contributed by atoms with E-state index in [1.165, 1.54) is 0 Å². The predicted molar refractivity (Wildman–Crippen MR) is 71.0 cm³/mol. The number of nitrogens with one attached hydrogen (secondary N) is 1. The number of halogens is 1. The minimum absolute atomic E-state index is 0.0362. The number of H-pyrrole nitrogens is 1. The maximum atomic E-state index is 12.3. The summed E-state index contributed by atoms with van der Waals surface area (Å²) < 4.78 is 0. The number of aromatic amines is 1. The number of ketones is 1. The van der Waals surface area contributed by atoms with Gasteiger partial charge >= 0.3 is 0 Å². The van der Waals surface area contributed by atoms with Crippen molar-refractivity contribution in [3.8, 4) is 0 Å². The summed E-state index contributed by atoms with van der Waals surface area (Å²) in [6, 6.07) is 10.6. The second kappa shape index (κ2) is 4.27. The van der Waals surface area contributed by atoms with Crippen molar-refractivity contribution in [2.75, 3.05) is 0 Å². The average molecular weight is 257 g/mol. The van der Waals surface area contributed by atoms with Gasteiger partial charge in [0.25, 0.3) is 0 Å². The zero-order chi connectivity index (χ0) is 12.5. The van der Waals surface area contributed by atoms with E-state index in [4.69, 9.17) is 11.6 Å². The van der Waals surface area contributed by atoms with Gasteiger partial charge in [0.15, 0.2) is 5.78 Å². The van der Waals surface area contributed by atoms with E-state index in [2.05, 4.69) is 9.97 Å². The second-order valence-electron chi connectivity index (χ2n) is 3.94. The maximum Gasteiger partial charge on any atom is 0.195 e. The van der Waals surface area contributed by atoms with Crippen LogP contribution in [0.15, 0.2) is 48.8 Å². The van der Waals surface area contributed by atoms with Gasteiger partial charge in [-0.15, -0.1) is 0 Å². The summed E-state index contributed by atoms with van der Waals surface area (Å²) >= 11 is 5.81. The van der Waals surface area contributed by atoms with Crippen molar-refractivity contribution >= 4 is 28.4 Å². The Hall–Kier alpha value is -2.13. The Kier molecular flexibility index (Phi) is 2.61. The summed E-state index contributed by atoms with van der Waals surface area (Å²) in [6.07, 6.45) is 3.38. The van der Waals surface area contributed by atoms with Crippen LogP contribution in [-0.2, 0) is 0 Å². The number of fused-ring (bicyclic) bond motifs is 1. The van der Waals surface area contributed by atoms with Gasteiger partial charge in [0.2, 0.25) is 0 Å². The van der Waals surface area contributed by atoms with Crippen LogP contribution in [0.3, 0.4) is 0 Å². The Bertz CT molecular complexity index is 716. The molecular weight excluding hydrogens is 248 g/mol. The van der Waals surface area contributed by atoms with Gasteiger partial charge in [-0.2, -0.15) is 0 Å². The van der Waals surface area contributed by atoms with Crippen LogP contribution in [-0.4, -0.2) is 15.8 Å². The molecule has 88 valence electrons. The molecule has 2 heterocycles. The average Bonchev–Trinajstić information content (AvgIpc) is 2.82. The van der Waals surface area contributed by atoms with Crippen molar-refractivity contribution < 1.29 is 4.79 Å². The highest BCUT2D eigenvalue weighted by molar-refractivity contribution is 6.30. The molecule has 3 aromatic rings. The molecule has 0 spiro atoms. The SMILES string of the molecule is O=C(c1ccc(Cl)cc1)c1c[nH]c2ncccc12. The molecule has 0 atom stereocenters. The number of benzene rings is 1. The normalized spacial score (nSPS) is 10.7. The molecule has 0 bridgehead atoms. The highest BCUT2D eigenvalue weighted by atomic mass is 35.5. The maximum absolute atomic E-state index is 12.3. The molecule has 4 heteroatoms. The topological polar surface area (TPSA) is 45.8 Å². The van der Waals surface area contributed by atoms with Crippen LogP contribution < -0.4 is 0 Å². The molecule has 0 saturated carbocycles. The van der Waals surface area contributed by atoms with Crippen molar-refractivity contribution in [2.24, 2.45) is 0 Å². The van der Waals surface area contributed by atoms with Gasteiger partial charge in [0, 0.05) is 33.9 Å². The van der Waals surface area contributed by atoms with E-state index in [1.807, 2.05) is 12.1 Å². The first-order valence-electron chi connectivity index (χ1n) is 5.48. The van der Waals surface area contributed by atoms with E-state index >= 15 is 0 Å². The van der Waals surface area contributed by atoms with E-state index < -0.39 is 0 Å². The molecule has 3 nitrogen and oxygen atoms in total. The molecule has 2 aromatic heterocycles. The number of hydrogen-bond acceptors (Lipinski definition) is 2. The van der Waals surface area contributed by atoms with Crippen molar-refractivity contribution in [3.05, 3.63) is 64.9 Å². The minimum Gasteiger partial charge on any atom is -0.345 e. The number of rotatable bonds is 2. The fraction of sp³-hybridized carbons (Fsp3) is 0. The van der Waals surface area contributed by atoms with Crippen molar-refractivity contribution in [2.45, 2.75) is 0 Å². The Morgan fingerprint density at radius 3 is 2.72 bits per heavy atom. The van der Waals surface area contributed by atoms with Crippen LogP contribution in [0.5, 0.6) is 0 Å². The van der Waals surface area contributed by atoms with E-state index in [0.717, 1.165) is 11.0 Å². The van der Waals surface area contributed by atoms with E-state index in [9.17, 15) is 4.79 Å². The molecule has 1 N–H and O–H groups in total. The zero-order valence-electron chi connectivity index (χ0n) is 9.35. The third kappa shape index (κ3) is 1.79. The van der Waals surface area contributed by atoms with Crippen LogP contribution in [0.4, 0.5) is 0 Å². The molecule has 0 fully saturated rings. The number of nitrogens with zero attached hydrogens (tertiary/aromatic N) is 1. The summed E-state index contributed by atoms with van der Waals surface area (Å²) in [4.78, 5) is 19.5. The molecule has 1 aromatic carbocycles. The Balaban J connectivity index is 2.09. The van der Waals surface area contributed by atoms with Crippen LogP contribution in [0.25, 0.3) is 11.0 Å². The Labute approximate surface area is 108 Å². The molecule has 0 aliphatic carbocycles. The smallest absolute Gasteiger partial charge is 0.195 e. The van der Waals surface area contributed by atoms with Gasteiger partial charge in [-0.05, 0) is 36.4 Å². The molecule has 0 amide bonds. The lowest BCUT2D eigenvalue weighted by molar-refractivity contribution is 0.104. The molecule has 3 rings (SSSR count). The molecule has 0 aliphatic rings. The third-order valence-corrected chi connectivity index (χ3v) is 3.05. The predicted octanol–water partition coefficient (Wildman–Crippen LogP) is 3.45. The summed E-state index contributed by atoms with van der Waals surface area (Å²) in [5.74, 6) is -0.0362. The molecule has 0 saturated heterocycles. The van der Waals surface area contributed by atoms with Gasteiger partial charge in [0.1, 0.15) is 5.65 Å². The largest absolute Gasteiger partial charge is 0.345 e. The fourth-order valence-electron chi connectivity index (χ4n) is 1.90. The Morgan fingerprint density at radius 2 is 1.94 bits per heavy atom. The van der Waals surface area contributed by atoms with Gasteiger partial charge in [-0.3, -0.25) is 4.79 Å². The first-order chi connectivity index (χ1) is 8.75. The molecular formula is C14H9ClN2O. The lowest BCUT2D eigenvalue weighted by Gasteiger charge is -1.99. The summed E-state index contributed by atoms with van der Waals surface area (Å²) in [5, 5.41) is 1.45. The molecule has 18 heavy (non-hydrogen) atoms. The first-order valence-corrected chi connectivity index (χ1v) is 5.86. The second-order valence-corrected chi connectivity index (χ2v) is 4.37. The van der Waals surface area contributed by atoms with Gasteiger partial charge < -0.3 is 4.98 Å². The quantitative estimate of drug-likeness (QED) is 0.714. The van der Waals surface area contributed by atoms with Crippen LogP contribution in [0.2, 0.25) is 5.02 Å². The van der Waals surface area contributed by atoms with Crippen molar-refractivity contribution in [3.63, 3.8) is 0 Å².